The van der Waals surface area contributed by atoms with Crippen LogP contribution >= 0.6 is 0 Å². The van der Waals surface area contributed by atoms with E-state index >= 15 is 0 Å². The molecule has 2 N–H and O–H groups in total. The van der Waals surface area contributed by atoms with Gasteiger partial charge in [-0.05, 0) is 25.7 Å². The van der Waals surface area contributed by atoms with E-state index in [1.807, 2.05) is 4.90 Å². The fourth-order valence-electron chi connectivity index (χ4n) is 3.29. The smallest absolute Gasteiger partial charge is 0.318 e. The highest BCUT2D eigenvalue weighted by Gasteiger charge is 2.38. The van der Waals surface area contributed by atoms with Gasteiger partial charge in [-0.3, -0.25) is 5.10 Å². The molecule has 1 unspecified atom stereocenters. The molecule has 2 aliphatic rings. The van der Waals surface area contributed by atoms with Crippen molar-refractivity contribution >= 4 is 6.03 Å². The summed E-state index contributed by atoms with van der Waals surface area (Å²) in [6.07, 6.45) is 3.99. The number of piperidine rings is 1. The zero-order chi connectivity index (χ0) is 17.0. The number of nitrogens with zero attached hydrogens (tertiary/aromatic N) is 3. The number of methoxy groups -OCH3 is 1. The van der Waals surface area contributed by atoms with Gasteiger partial charge in [-0.1, -0.05) is 6.92 Å². The van der Waals surface area contributed by atoms with Gasteiger partial charge >= 0.3 is 6.03 Å². The molecule has 3 heterocycles. The number of urea groups is 1. The first-order valence-electron chi connectivity index (χ1n) is 8.70. The van der Waals surface area contributed by atoms with Crippen molar-refractivity contribution in [2.24, 2.45) is 5.41 Å². The largest absolute Gasteiger partial charge is 0.380 e. The number of carbonyl (C=O) groups is 1. The van der Waals surface area contributed by atoms with Crippen LogP contribution < -0.4 is 5.32 Å². The van der Waals surface area contributed by atoms with Gasteiger partial charge in [-0.2, -0.15) is 5.10 Å². The summed E-state index contributed by atoms with van der Waals surface area (Å²) >= 11 is 0. The van der Waals surface area contributed by atoms with Gasteiger partial charge in [0.15, 0.2) is 11.6 Å². The van der Waals surface area contributed by atoms with Crippen LogP contribution in [0.25, 0.3) is 0 Å². The van der Waals surface area contributed by atoms with E-state index in [1.54, 1.807) is 7.11 Å². The van der Waals surface area contributed by atoms with Crippen LogP contribution in [0, 0.1) is 5.41 Å². The summed E-state index contributed by atoms with van der Waals surface area (Å²) in [7, 11) is 1.62. The molecule has 0 aromatic carbocycles. The third-order valence-corrected chi connectivity index (χ3v) is 5.07. The number of hydrogen-bond acceptors (Lipinski definition) is 5. The van der Waals surface area contributed by atoms with Gasteiger partial charge in [-0.15, -0.1) is 0 Å². The number of nitrogens with one attached hydrogen (secondary N) is 2. The molecule has 8 heteroatoms. The normalized spacial score (nSPS) is 22.9. The first kappa shape index (κ1) is 17.2. The summed E-state index contributed by atoms with van der Waals surface area (Å²) < 4.78 is 10.4. The minimum atomic E-state index is -0.0733. The number of aromatic nitrogens is 3. The average Bonchev–Trinajstić information content (AvgIpc) is 3.03. The lowest BCUT2D eigenvalue weighted by atomic mass is 9.83. The molecule has 24 heavy (non-hydrogen) atoms. The Hall–Kier alpha value is -1.67. The fourth-order valence-corrected chi connectivity index (χ4v) is 3.29. The molecule has 2 amide bonds. The second-order valence-electron chi connectivity index (χ2n) is 6.78. The maximum atomic E-state index is 12.7. The van der Waals surface area contributed by atoms with Gasteiger partial charge in [0.05, 0.1) is 19.3 Å². The fraction of sp³-hybridized carbons (Fsp3) is 0.812. The van der Waals surface area contributed by atoms with E-state index < -0.39 is 0 Å². The maximum Gasteiger partial charge on any atom is 0.318 e. The van der Waals surface area contributed by atoms with Crippen molar-refractivity contribution in [2.75, 3.05) is 33.4 Å². The lowest BCUT2D eigenvalue weighted by Crippen LogP contribution is -2.53. The average molecular weight is 337 g/mol. The van der Waals surface area contributed by atoms with Gasteiger partial charge in [-0.25, -0.2) is 9.78 Å². The summed E-state index contributed by atoms with van der Waals surface area (Å²) in [5.41, 5.74) is 0.108. The van der Waals surface area contributed by atoms with E-state index in [2.05, 4.69) is 27.4 Å². The molecule has 8 nitrogen and oxygen atoms in total. The Bertz CT molecular complexity index is 552. The van der Waals surface area contributed by atoms with Crippen molar-refractivity contribution in [3.63, 3.8) is 0 Å². The summed E-state index contributed by atoms with van der Waals surface area (Å²) in [5, 5.41) is 10.3. The van der Waals surface area contributed by atoms with Crippen LogP contribution in [0.1, 0.15) is 50.3 Å². The number of amides is 2. The van der Waals surface area contributed by atoms with Crippen molar-refractivity contribution in [1.29, 1.82) is 0 Å². The van der Waals surface area contributed by atoms with E-state index in [0.717, 1.165) is 45.4 Å². The number of hydrogen-bond donors (Lipinski definition) is 2. The van der Waals surface area contributed by atoms with Crippen molar-refractivity contribution in [3.05, 3.63) is 11.6 Å². The van der Waals surface area contributed by atoms with Crippen molar-refractivity contribution < 1.29 is 14.3 Å². The molecular weight excluding hydrogens is 310 g/mol. The van der Waals surface area contributed by atoms with Crippen molar-refractivity contribution in [3.8, 4) is 0 Å². The minimum absolute atomic E-state index is 0.0301. The highest BCUT2D eigenvalue weighted by Crippen LogP contribution is 2.31. The second-order valence-corrected chi connectivity index (χ2v) is 6.78. The summed E-state index contributed by atoms with van der Waals surface area (Å²) in [6.45, 7) is 5.39. The molecule has 1 atom stereocenters. The lowest BCUT2D eigenvalue weighted by molar-refractivity contribution is -0.111. The predicted molar refractivity (Wildman–Crippen MR) is 87.3 cm³/mol. The van der Waals surface area contributed by atoms with Crippen LogP contribution in [0.15, 0.2) is 0 Å². The SMILES string of the molecule is CCC1(CNC(=O)N2CCCCC2c2n[nH]c(COC)n2)COC1. The molecule has 0 spiro atoms. The molecule has 2 fully saturated rings. The second kappa shape index (κ2) is 7.48. The monoisotopic (exact) mass is 337 g/mol. The molecule has 2 aliphatic heterocycles. The molecule has 0 radical (unpaired) electrons. The number of carbonyl (C=O) groups excluding carboxylic acids is 1. The number of ether oxygens (including phenoxy) is 2. The molecule has 2 saturated heterocycles. The topological polar surface area (TPSA) is 92.4 Å². The van der Waals surface area contributed by atoms with E-state index in [-0.39, 0.29) is 17.5 Å². The third kappa shape index (κ3) is 3.54. The van der Waals surface area contributed by atoms with Crippen molar-refractivity contribution in [2.45, 2.75) is 45.3 Å². The van der Waals surface area contributed by atoms with E-state index in [1.165, 1.54) is 0 Å². The predicted octanol–water partition coefficient (Wildman–Crippen LogP) is 1.61. The molecule has 1 aromatic rings. The number of aromatic amines is 1. The van der Waals surface area contributed by atoms with Gasteiger partial charge in [0, 0.05) is 25.6 Å². The minimum Gasteiger partial charge on any atom is -0.380 e. The Balaban J connectivity index is 1.63. The quantitative estimate of drug-likeness (QED) is 0.823. The maximum absolute atomic E-state index is 12.7. The summed E-state index contributed by atoms with van der Waals surface area (Å²) in [4.78, 5) is 19.0. The van der Waals surface area contributed by atoms with E-state index in [0.29, 0.717) is 24.8 Å². The Labute approximate surface area is 142 Å². The number of likely N-dealkylation sites (tertiary alicyclic amines) is 1. The van der Waals surface area contributed by atoms with Crippen LogP contribution in [0.4, 0.5) is 4.79 Å². The van der Waals surface area contributed by atoms with Gasteiger partial charge in [0.1, 0.15) is 6.61 Å². The zero-order valence-electron chi connectivity index (χ0n) is 14.5. The Morgan fingerprint density at radius 3 is 3.00 bits per heavy atom. The van der Waals surface area contributed by atoms with Crippen LogP contribution in [-0.4, -0.2) is 59.5 Å². The van der Waals surface area contributed by atoms with Gasteiger partial charge in [0.25, 0.3) is 0 Å². The number of rotatable bonds is 6. The van der Waals surface area contributed by atoms with Crippen LogP contribution in [0.5, 0.6) is 0 Å². The molecule has 0 aliphatic carbocycles. The third-order valence-electron chi connectivity index (χ3n) is 5.07. The molecule has 1 aromatic heterocycles. The zero-order valence-corrected chi connectivity index (χ0v) is 14.5. The molecule has 134 valence electrons. The van der Waals surface area contributed by atoms with Gasteiger partial charge < -0.3 is 19.7 Å². The van der Waals surface area contributed by atoms with Crippen molar-refractivity contribution in [1.82, 2.24) is 25.4 Å². The van der Waals surface area contributed by atoms with Crippen LogP contribution in [0.2, 0.25) is 0 Å². The number of H-pyrrole nitrogens is 1. The molecular formula is C16H27N5O3. The van der Waals surface area contributed by atoms with E-state index in [4.69, 9.17) is 9.47 Å². The van der Waals surface area contributed by atoms with Crippen LogP contribution in [-0.2, 0) is 16.1 Å². The molecule has 0 bridgehead atoms. The van der Waals surface area contributed by atoms with Gasteiger partial charge in [0.2, 0.25) is 0 Å². The summed E-state index contributed by atoms with van der Waals surface area (Å²) in [5.74, 6) is 1.36. The van der Waals surface area contributed by atoms with Crippen LogP contribution in [0.3, 0.4) is 0 Å². The Morgan fingerprint density at radius 2 is 2.33 bits per heavy atom. The highest BCUT2D eigenvalue weighted by molar-refractivity contribution is 5.74. The Kier molecular flexibility index (Phi) is 5.35. The standard InChI is InChI=1S/C16H27N5O3/c1-3-16(10-24-11-16)9-17-15(22)21-7-5-4-6-12(21)14-18-13(8-23-2)19-20-14/h12H,3-11H2,1-2H3,(H,17,22)(H,18,19,20). The molecule has 0 saturated carbocycles. The lowest BCUT2D eigenvalue weighted by Gasteiger charge is -2.42. The van der Waals surface area contributed by atoms with E-state index in [9.17, 15) is 4.79 Å². The molecule has 3 rings (SSSR count). The first-order chi connectivity index (χ1) is 11.7. The highest BCUT2D eigenvalue weighted by atomic mass is 16.5. The Morgan fingerprint density at radius 1 is 1.50 bits per heavy atom. The first-order valence-corrected chi connectivity index (χ1v) is 8.70. The summed E-state index contributed by atoms with van der Waals surface area (Å²) in [6, 6.07) is -0.103.